The van der Waals surface area contributed by atoms with Gasteiger partial charge >= 0.3 is 75.4 Å². The number of hydrogen-bond donors (Lipinski definition) is 0. The molecule has 0 N–H and O–H groups in total. The zero-order valence-corrected chi connectivity index (χ0v) is 4.00. The van der Waals surface area contributed by atoms with Crippen LogP contribution in [0.15, 0.2) is 0 Å². The minimum absolute atomic E-state index is 0. The molecule has 0 fully saturated rings. The van der Waals surface area contributed by atoms with Gasteiger partial charge in [-0.3, -0.25) is 0 Å². The molecule has 0 saturated carbocycles. The molecule has 0 unspecified atom stereocenters. The van der Waals surface area contributed by atoms with E-state index in [1.807, 2.05) is 0 Å². The van der Waals surface area contributed by atoms with Gasteiger partial charge in [0.15, 0.2) is 17.4 Å². The third-order valence-electron chi connectivity index (χ3n) is 0. The fourth-order valence-corrected chi connectivity index (χ4v) is 0. The summed E-state index contributed by atoms with van der Waals surface area (Å²) in [5, 5.41) is 0. The molecule has 5 heavy (non-hydrogen) atoms. The Morgan fingerprint density at radius 3 is 0.600 bits per heavy atom. The van der Waals surface area contributed by atoms with E-state index in [-0.39, 0.29) is 98.5 Å². The summed E-state index contributed by atoms with van der Waals surface area (Å²) < 4.78 is 0. The molecular formula is H7AlLi4. The minimum atomic E-state index is 0. The predicted molar refractivity (Wildman–Crippen MR) is 14.4 cm³/mol. The molecule has 0 aromatic heterocycles. The van der Waals surface area contributed by atoms with Gasteiger partial charge in [0.25, 0.3) is 0 Å². The van der Waals surface area contributed by atoms with Crippen molar-refractivity contribution in [2.75, 3.05) is 0 Å². The maximum Gasteiger partial charge on any atom is 1.00 e. The summed E-state index contributed by atoms with van der Waals surface area (Å²) in [5.74, 6) is 0. The van der Waals surface area contributed by atoms with Crippen molar-refractivity contribution < 1.29 is 81.1 Å². The first-order valence-electron chi connectivity index (χ1n) is 0. The molecule has 0 heterocycles. The Hall–Kier alpha value is 2.92. The molecule has 0 radical (unpaired) electrons. The molecule has 0 aromatic rings. The minimum Gasteiger partial charge on any atom is -1.00 e. The van der Waals surface area contributed by atoms with Crippen molar-refractivity contribution in [3.8, 4) is 0 Å². The summed E-state index contributed by atoms with van der Waals surface area (Å²) in [5.41, 5.74) is 0. The molecule has 0 rings (SSSR count). The third-order valence-corrected chi connectivity index (χ3v) is 0. The Balaban J connectivity index is 0. The van der Waals surface area contributed by atoms with Crippen molar-refractivity contribution in [2.24, 2.45) is 0 Å². The molecule has 0 aliphatic rings. The first-order valence-corrected chi connectivity index (χ1v) is 0. The Labute approximate surface area is 97.4 Å². The van der Waals surface area contributed by atoms with E-state index in [9.17, 15) is 0 Å². The first-order chi connectivity index (χ1) is 0. The number of rotatable bonds is 0. The van der Waals surface area contributed by atoms with Crippen LogP contribution < -0.4 is 75.4 Å². The molecule has 0 spiro atoms. The van der Waals surface area contributed by atoms with Crippen molar-refractivity contribution in [3.05, 3.63) is 0 Å². The van der Waals surface area contributed by atoms with Crippen LogP contribution >= 0.6 is 0 Å². The van der Waals surface area contributed by atoms with Crippen LogP contribution in [-0.4, -0.2) is 17.4 Å². The number of hydrogen-bond acceptors (Lipinski definition) is 0. The van der Waals surface area contributed by atoms with E-state index < -0.39 is 0 Å². The quantitative estimate of drug-likeness (QED) is 0.244. The Bertz CT molecular complexity index is 12.5. The van der Waals surface area contributed by atoms with Crippen LogP contribution in [0, 0.1) is 0 Å². The molecule has 0 aliphatic carbocycles. The van der Waals surface area contributed by atoms with E-state index in [2.05, 4.69) is 0 Å². The van der Waals surface area contributed by atoms with Crippen molar-refractivity contribution in [2.45, 2.75) is 0 Å². The van der Waals surface area contributed by atoms with Crippen molar-refractivity contribution in [3.63, 3.8) is 0 Å². The van der Waals surface area contributed by atoms with Crippen LogP contribution in [0.4, 0.5) is 0 Å². The van der Waals surface area contributed by atoms with Crippen molar-refractivity contribution >= 4 is 17.4 Å². The van der Waals surface area contributed by atoms with Crippen LogP contribution in [0.2, 0.25) is 0 Å². The van der Waals surface area contributed by atoms with E-state index in [0.717, 1.165) is 0 Å². The van der Waals surface area contributed by atoms with Gasteiger partial charge in [0.1, 0.15) is 0 Å². The Kier molecular flexibility index (Phi) is 253. The van der Waals surface area contributed by atoms with Crippen LogP contribution in [0.1, 0.15) is 5.71 Å². The van der Waals surface area contributed by atoms with E-state index in [1.165, 1.54) is 0 Å². The molecular weight excluding hydrogens is 54.7 g/mol. The van der Waals surface area contributed by atoms with E-state index in [0.29, 0.717) is 0 Å². The molecule has 0 nitrogen and oxygen atoms in total. The van der Waals surface area contributed by atoms with Crippen molar-refractivity contribution in [1.82, 2.24) is 0 Å². The molecule has 0 atom stereocenters. The summed E-state index contributed by atoms with van der Waals surface area (Å²) in [4.78, 5) is 0. The summed E-state index contributed by atoms with van der Waals surface area (Å²) in [6.07, 6.45) is 0. The van der Waals surface area contributed by atoms with Gasteiger partial charge < -0.3 is 5.71 Å². The maximum absolute atomic E-state index is 0. The second-order valence-corrected chi connectivity index (χ2v) is 0. The largest absolute Gasteiger partial charge is 1.00 e. The van der Waals surface area contributed by atoms with Gasteiger partial charge in [0, 0.05) is 0 Å². The molecule has 0 saturated heterocycles. The van der Waals surface area contributed by atoms with Gasteiger partial charge in [-0.15, -0.1) is 0 Å². The molecule has 5 heteroatoms. The van der Waals surface area contributed by atoms with Crippen LogP contribution in [-0.2, 0) is 0 Å². The van der Waals surface area contributed by atoms with Crippen LogP contribution in [0.25, 0.3) is 0 Å². The van der Waals surface area contributed by atoms with Gasteiger partial charge in [0.2, 0.25) is 0 Å². The summed E-state index contributed by atoms with van der Waals surface area (Å²) in [6.45, 7) is 0. The fourth-order valence-electron chi connectivity index (χ4n) is 0. The zero-order chi connectivity index (χ0) is 0. The van der Waals surface area contributed by atoms with Gasteiger partial charge in [-0.05, 0) is 0 Å². The van der Waals surface area contributed by atoms with Gasteiger partial charge in [-0.1, -0.05) is 0 Å². The molecule has 0 aromatic carbocycles. The maximum atomic E-state index is 0. The molecule has 14 valence electrons. The zero-order valence-electron chi connectivity index (χ0n) is 8.00. The normalized spacial score (nSPS) is 0. The molecule has 0 amide bonds. The fraction of sp³-hybridized carbons (Fsp3) is 0. The summed E-state index contributed by atoms with van der Waals surface area (Å²) in [7, 11) is 0. The van der Waals surface area contributed by atoms with Gasteiger partial charge in [0.05, 0.1) is 0 Å². The second kappa shape index (κ2) is 28.4. The van der Waals surface area contributed by atoms with Crippen LogP contribution in [0.3, 0.4) is 0 Å². The average Bonchev–Trinajstić information content (AvgIpc) is 0. The molecule has 0 aliphatic heterocycles. The average molecular weight is 61.8 g/mol. The Morgan fingerprint density at radius 1 is 0.600 bits per heavy atom. The second-order valence-electron chi connectivity index (χ2n) is 0. The third kappa shape index (κ3) is 19.6. The summed E-state index contributed by atoms with van der Waals surface area (Å²) >= 11 is 0. The van der Waals surface area contributed by atoms with Crippen molar-refractivity contribution in [1.29, 1.82) is 0 Å². The van der Waals surface area contributed by atoms with E-state index in [1.54, 1.807) is 0 Å². The topological polar surface area (TPSA) is 0 Å². The first kappa shape index (κ1) is 44.5. The smallest absolute Gasteiger partial charge is 1.00 e. The monoisotopic (exact) mass is 62.1 g/mol. The summed E-state index contributed by atoms with van der Waals surface area (Å²) in [6, 6.07) is 0. The van der Waals surface area contributed by atoms with E-state index in [4.69, 9.17) is 0 Å². The van der Waals surface area contributed by atoms with Crippen LogP contribution in [0.5, 0.6) is 0 Å². The predicted octanol–water partition coefficient (Wildman–Crippen LogP) is -12.7. The van der Waals surface area contributed by atoms with Gasteiger partial charge in [-0.25, -0.2) is 0 Å². The van der Waals surface area contributed by atoms with Gasteiger partial charge in [-0.2, -0.15) is 0 Å². The standard InChI is InChI=1S/Al.4Li.7H/q;4*+1;;;;4*-1. The van der Waals surface area contributed by atoms with E-state index >= 15 is 0 Å². The Morgan fingerprint density at radius 2 is 0.600 bits per heavy atom. The molecule has 0 bridgehead atoms. The SMILES string of the molecule is [AlH3].[H-].[H-].[H-].[H-].[Li+].[Li+].[Li+].[Li+].